The molecule has 0 spiro atoms. The molecule has 3 nitrogen and oxygen atoms in total. The van der Waals surface area contributed by atoms with Crippen LogP contribution in [-0.2, 0) is 14.3 Å². The summed E-state index contributed by atoms with van der Waals surface area (Å²) in [6, 6.07) is 0. The summed E-state index contributed by atoms with van der Waals surface area (Å²) in [5, 5.41) is -0.565. The smallest absolute Gasteiger partial charge is 0.317 e. The fraction of sp³-hybridized carbons (Fsp3) is 0.950. The normalized spacial score (nSPS) is 36.7. The van der Waals surface area contributed by atoms with E-state index in [0.717, 1.165) is 24.2 Å². The van der Waals surface area contributed by atoms with Gasteiger partial charge in [0.05, 0.1) is 11.3 Å². The van der Waals surface area contributed by atoms with Gasteiger partial charge in [0.25, 0.3) is 0 Å². The zero-order chi connectivity index (χ0) is 17.7. The highest BCUT2D eigenvalue weighted by Crippen LogP contribution is 2.59. The summed E-state index contributed by atoms with van der Waals surface area (Å²) in [4.78, 5) is 12.4. The Hall–Kier alpha value is -0.140. The topological polar surface area (TPSA) is 35.5 Å². The van der Waals surface area contributed by atoms with Crippen molar-refractivity contribution in [3.05, 3.63) is 0 Å². The minimum atomic E-state index is -0.565. The molecule has 0 aromatic heterocycles. The third-order valence-electron chi connectivity index (χ3n) is 6.24. The van der Waals surface area contributed by atoms with E-state index < -0.39 is 11.4 Å². The molecule has 0 N–H and O–H groups in total. The number of carbonyl (C=O) groups is 1. The quantitative estimate of drug-likeness (QED) is 0.405. The highest BCUT2D eigenvalue weighted by atomic mass is 31.0. The Morgan fingerprint density at radius 2 is 1.75 bits per heavy atom. The Kier molecular flexibility index (Phi) is 5.08. The summed E-state index contributed by atoms with van der Waals surface area (Å²) in [5.41, 5.74) is 0.0729. The number of fused-ring (bicyclic) bond motifs is 5. The monoisotopic (exact) mass is 354 g/mol. The summed E-state index contributed by atoms with van der Waals surface area (Å²) < 4.78 is 12.2. The van der Waals surface area contributed by atoms with Gasteiger partial charge >= 0.3 is 5.97 Å². The average molecular weight is 354 g/mol. The lowest BCUT2D eigenvalue weighted by Gasteiger charge is -2.36. The molecule has 0 aliphatic heterocycles. The first kappa shape index (κ1) is 18.6. The molecule has 3 fully saturated rings. The van der Waals surface area contributed by atoms with Crippen LogP contribution in [0, 0.1) is 29.1 Å². The van der Waals surface area contributed by atoms with Gasteiger partial charge in [-0.15, -0.1) is 9.24 Å². The van der Waals surface area contributed by atoms with Crippen molar-refractivity contribution in [1.82, 2.24) is 0 Å². The summed E-state index contributed by atoms with van der Waals surface area (Å²) in [6.07, 6.45) is 7.36. The van der Waals surface area contributed by atoms with Crippen LogP contribution in [0.5, 0.6) is 0 Å². The van der Waals surface area contributed by atoms with Crippen LogP contribution in [0.15, 0.2) is 0 Å². The maximum Gasteiger partial charge on any atom is 0.317 e. The van der Waals surface area contributed by atoms with Gasteiger partial charge < -0.3 is 9.47 Å². The minimum Gasteiger partial charge on any atom is -0.435 e. The van der Waals surface area contributed by atoms with Crippen molar-refractivity contribution in [3.63, 3.8) is 0 Å². The molecule has 0 heterocycles. The zero-order valence-corrected chi connectivity index (χ0v) is 17.2. The second-order valence-corrected chi connectivity index (χ2v) is 11.6. The van der Waals surface area contributed by atoms with E-state index in [2.05, 4.69) is 30.0 Å². The molecule has 3 saturated carbocycles. The molecule has 3 aliphatic carbocycles. The average Bonchev–Trinajstić information content (AvgIpc) is 3.06. The first-order valence-corrected chi connectivity index (χ1v) is 10.3. The molecule has 7 unspecified atom stereocenters. The molecule has 7 atom stereocenters. The molecule has 0 amide bonds. The van der Waals surface area contributed by atoms with Gasteiger partial charge in [-0.2, -0.15) is 0 Å². The highest BCUT2D eigenvalue weighted by Gasteiger charge is 2.54. The summed E-state index contributed by atoms with van der Waals surface area (Å²) in [6.45, 7) is 10.3. The van der Waals surface area contributed by atoms with Crippen molar-refractivity contribution >= 4 is 15.2 Å². The predicted octanol–water partition coefficient (Wildman–Crippen LogP) is 4.79. The molecular weight excluding hydrogens is 319 g/mol. The fourth-order valence-corrected chi connectivity index (χ4v) is 5.31. The van der Waals surface area contributed by atoms with Crippen LogP contribution in [0.4, 0.5) is 0 Å². The highest BCUT2D eigenvalue weighted by molar-refractivity contribution is 7.20. The van der Waals surface area contributed by atoms with Crippen LogP contribution in [-0.4, -0.2) is 23.5 Å². The van der Waals surface area contributed by atoms with E-state index in [1.807, 2.05) is 13.8 Å². The van der Waals surface area contributed by atoms with Crippen molar-refractivity contribution in [2.75, 3.05) is 0 Å². The van der Waals surface area contributed by atoms with Gasteiger partial charge in [-0.3, -0.25) is 4.79 Å². The Morgan fingerprint density at radius 1 is 1.08 bits per heavy atom. The van der Waals surface area contributed by atoms with Crippen LogP contribution in [0.1, 0.15) is 73.1 Å². The molecular formula is C20H35O3P. The first-order chi connectivity index (χ1) is 11.0. The summed E-state index contributed by atoms with van der Waals surface area (Å²) >= 11 is 0. The third kappa shape index (κ3) is 3.98. The molecule has 3 aliphatic rings. The largest absolute Gasteiger partial charge is 0.435 e. The molecule has 4 heteroatoms. The van der Waals surface area contributed by atoms with Gasteiger partial charge in [0.1, 0.15) is 0 Å². The maximum atomic E-state index is 12.4. The van der Waals surface area contributed by atoms with Crippen molar-refractivity contribution in [1.29, 1.82) is 0 Å². The molecule has 24 heavy (non-hydrogen) atoms. The van der Waals surface area contributed by atoms with Gasteiger partial charge in [0.2, 0.25) is 6.29 Å². The summed E-state index contributed by atoms with van der Waals surface area (Å²) in [5.74, 6) is 3.20. The number of hydrogen-bond acceptors (Lipinski definition) is 3. The number of ether oxygens (including phenoxy) is 2. The number of hydrogen-bond donors (Lipinski definition) is 0. The van der Waals surface area contributed by atoms with Crippen molar-refractivity contribution < 1.29 is 14.3 Å². The van der Waals surface area contributed by atoms with Gasteiger partial charge in [0, 0.05) is 6.42 Å². The van der Waals surface area contributed by atoms with Gasteiger partial charge in [0.15, 0.2) is 0 Å². The second kappa shape index (κ2) is 6.54. The van der Waals surface area contributed by atoms with E-state index in [1.54, 1.807) is 0 Å². The van der Waals surface area contributed by atoms with E-state index in [1.165, 1.54) is 32.1 Å². The van der Waals surface area contributed by atoms with Gasteiger partial charge in [-0.1, -0.05) is 27.2 Å². The molecule has 0 aromatic carbocycles. The Labute approximate surface area is 149 Å². The van der Waals surface area contributed by atoms with Crippen LogP contribution in [0.25, 0.3) is 0 Å². The minimum absolute atomic E-state index is 0.0729. The third-order valence-corrected chi connectivity index (χ3v) is 6.47. The molecule has 0 aromatic rings. The lowest BCUT2D eigenvalue weighted by Crippen LogP contribution is -2.39. The Morgan fingerprint density at radius 3 is 2.38 bits per heavy atom. The van der Waals surface area contributed by atoms with E-state index in [-0.39, 0.29) is 11.4 Å². The second-order valence-electron chi connectivity index (χ2n) is 10.1. The van der Waals surface area contributed by atoms with Crippen LogP contribution in [0.3, 0.4) is 0 Å². The Bertz CT molecular complexity index is 476. The number of carbonyl (C=O) groups excluding carboxylic acids is 1. The van der Waals surface area contributed by atoms with Gasteiger partial charge in [-0.05, 0) is 68.6 Å². The molecule has 0 saturated heterocycles. The molecule has 3 rings (SSSR count). The van der Waals surface area contributed by atoms with Crippen LogP contribution in [0.2, 0.25) is 0 Å². The number of esters is 1. The maximum absolute atomic E-state index is 12.4. The van der Waals surface area contributed by atoms with Gasteiger partial charge in [-0.25, -0.2) is 0 Å². The van der Waals surface area contributed by atoms with Crippen LogP contribution < -0.4 is 0 Å². The van der Waals surface area contributed by atoms with E-state index in [0.29, 0.717) is 12.0 Å². The molecule has 138 valence electrons. The molecule has 2 bridgehead atoms. The van der Waals surface area contributed by atoms with E-state index in [4.69, 9.17) is 9.47 Å². The lowest BCUT2D eigenvalue weighted by atomic mass is 9.80. The first-order valence-electron chi connectivity index (χ1n) is 9.70. The fourth-order valence-electron chi connectivity index (χ4n) is 5.25. The SMILES string of the molecule is CC(C)(C)CC(OC(=O)C(C)(C)P)OC1CC2CC1C1CCCC21. The zero-order valence-electron chi connectivity index (χ0n) is 16.0. The van der Waals surface area contributed by atoms with E-state index in [9.17, 15) is 4.79 Å². The molecule has 0 radical (unpaired) electrons. The van der Waals surface area contributed by atoms with Crippen molar-refractivity contribution in [3.8, 4) is 0 Å². The van der Waals surface area contributed by atoms with E-state index >= 15 is 0 Å². The van der Waals surface area contributed by atoms with Crippen molar-refractivity contribution in [2.45, 2.75) is 90.7 Å². The van der Waals surface area contributed by atoms with Crippen molar-refractivity contribution in [2.24, 2.45) is 29.1 Å². The van der Waals surface area contributed by atoms with Crippen LogP contribution >= 0.6 is 9.24 Å². The standard InChI is InChI=1S/C20H35O3P/c1-19(2,3)11-17(23-18(21)20(4,5)24)22-16-10-12-9-15(16)14-8-6-7-13(12)14/h12-17H,6-11,24H2,1-5H3. The summed E-state index contributed by atoms with van der Waals surface area (Å²) in [7, 11) is 2.57. The Balaban J connectivity index is 1.65. The number of rotatable bonds is 5. The lowest BCUT2D eigenvalue weighted by molar-refractivity contribution is -0.206. The predicted molar refractivity (Wildman–Crippen MR) is 99.7 cm³/mol.